The zero-order valence-corrected chi connectivity index (χ0v) is 17.1. The molecule has 29 heavy (non-hydrogen) atoms. The average Bonchev–Trinajstić information content (AvgIpc) is 2.69. The molecule has 2 N–H and O–H groups in total. The van der Waals surface area contributed by atoms with Crippen molar-refractivity contribution in [1.29, 1.82) is 0 Å². The van der Waals surface area contributed by atoms with Gasteiger partial charge in [-0.1, -0.05) is 29.8 Å². The molecule has 1 heterocycles. The van der Waals surface area contributed by atoms with E-state index in [-0.39, 0.29) is 24.5 Å². The highest BCUT2D eigenvalue weighted by atomic mass is 35.5. The second-order valence-corrected chi connectivity index (χ2v) is 8.88. The van der Waals surface area contributed by atoms with Crippen LogP contribution in [-0.2, 0) is 14.8 Å². The summed E-state index contributed by atoms with van der Waals surface area (Å²) in [6.07, 6.45) is 0. The fourth-order valence-corrected chi connectivity index (χ4v) is 4.48. The highest BCUT2D eigenvalue weighted by molar-refractivity contribution is 7.89. The lowest BCUT2D eigenvalue weighted by molar-refractivity contribution is -0.121. The van der Waals surface area contributed by atoms with Crippen molar-refractivity contribution in [2.75, 3.05) is 38.0 Å². The molecule has 0 aliphatic carbocycles. The first-order valence-electron chi connectivity index (χ1n) is 8.98. The van der Waals surface area contributed by atoms with Crippen molar-refractivity contribution in [3.8, 4) is 0 Å². The van der Waals surface area contributed by atoms with Gasteiger partial charge in [-0.05, 0) is 36.4 Å². The quantitative estimate of drug-likeness (QED) is 0.746. The third kappa shape index (κ3) is 5.77. The summed E-state index contributed by atoms with van der Waals surface area (Å²) >= 11 is 5.81. The zero-order chi connectivity index (χ0) is 20.9. The largest absolute Gasteiger partial charge is 0.325 e. The van der Waals surface area contributed by atoms with Gasteiger partial charge in [-0.15, -0.1) is 0 Å². The molecule has 3 rings (SSSR count). The number of sulfonamides is 1. The highest BCUT2D eigenvalue weighted by Gasteiger charge is 2.29. The molecule has 0 atom stereocenters. The van der Waals surface area contributed by atoms with Crippen molar-refractivity contribution >= 4 is 39.2 Å². The first-order chi connectivity index (χ1) is 13.8. The number of anilines is 1. The van der Waals surface area contributed by atoms with Crippen LogP contribution in [0.3, 0.4) is 0 Å². The predicted molar refractivity (Wildman–Crippen MR) is 110 cm³/mol. The van der Waals surface area contributed by atoms with Gasteiger partial charge in [-0.2, -0.15) is 4.31 Å². The summed E-state index contributed by atoms with van der Waals surface area (Å²) in [7, 11) is -3.60. The predicted octanol–water partition coefficient (Wildman–Crippen LogP) is 1.99. The number of urea groups is 1. The number of halogens is 1. The Morgan fingerprint density at radius 3 is 2.17 bits per heavy atom. The normalized spacial score (nSPS) is 15.6. The Morgan fingerprint density at radius 1 is 0.931 bits per heavy atom. The molecule has 10 heteroatoms. The molecule has 0 radical (unpaired) electrons. The van der Waals surface area contributed by atoms with E-state index in [1.165, 1.54) is 28.6 Å². The van der Waals surface area contributed by atoms with E-state index in [1.54, 1.807) is 29.2 Å². The summed E-state index contributed by atoms with van der Waals surface area (Å²) in [5.41, 5.74) is 0.582. The molecule has 1 fully saturated rings. The van der Waals surface area contributed by atoms with Crippen LogP contribution >= 0.6 is 11.6 Å². The van der Waals surface area contributed by atoms with E-state index in [0.717, 1.165) is 0 Å². The summed E-state index contributed by atoms with van der Waals surface area (Å²) in [4.78, 5) is 25.9. The molecule has 0 spiro atoms. The van der Waals surface area contributed by atoms with Gasteiger partial charge in [-0.3, -0.25) is 15.0 Å². The maximum atomic E-state index is 12.7. The number of piperazine rings is 1. The topological polar surface area (TPSA) is 98.8 Å². The van der Waals surface area contributed by atoms with Crippen molar-refractivity contribution in [2.24, 2.45) is 0 Å². The number of imide groups is 1. The summed E-state index contributed by atoms with van der Waals surface area (Å²) in [5, 5.41) is 5.31. The van der Waals surface area contributed by atoms with Gasteiger partial charge in [-0.25, -0.2) is 13.2 Å². The zero-order valence-electron chi connectivity index (χ0n) is 15.5. The molecular formula is C19H21ClN4O4S. The lowest BCUT2D eigenvalue weighted by Gasteiger charge is -2.33. The molecule has 2 aromatic carbocycles. The van der Waals surface area contributed by atoms with E-state index < -0.39 is 22.0 Å². The average molecular weight is 437 g/mol. The number of nitrogens with one attached hydrogen (secondary N) is 2. The lowest BCUT2D eigenvalue weighted by atomic mass is 10.3. The van der Waals surface area contributed by atoms with Crippen molar-refractivity contribution < 1.29 is 18.0 Å². The van der Waals surface area contributed by atoms with Crippen LogP contribution in [0.15, 0.2) is 59.5 Å². The van der Waals surface area contributed by atoms with Crippen LogP contribution in [0.2, 0.25) is 5.02 Å². The third-order valence-corrected chi connectivity index (χ3v) is 6.60. The minimum atomic E-state index is -3.60. The van der Waals surface area contributed by atoms with Crippen molar-refractivity contribution in [3.63, 3.8) is 0 Å². The second-order valence-electron chi connectivity index (χ2n) is 6.50. The minimum absolute atomic E-state index is 0.0110. The Balaban J connectivity index is 1.47. The van der Waals surface area contributed by atoms with E-state index in [0.29, 0.717) is 23.8 Å². The SMILES string of the molecule is O=C(CN1CCN(S(=O)(=O)c2ccc(Cl)cc2)CC1)NC(=O)Nc1ccccc1. The number of carbonyl (C=O) groups excluding carboxylic acids is 2. The molecule has 1 saturated heterocycles. The fraction of sp³-hybridized carbons (Fsp3) is 0.263. The van der Waals surface area contributed by atoms with Gasteiger partial charge in [0.2, 0.25) is 15.9 Å². The molecule has 0 unspecified atom stereocenters. The molecule has 154 valence electrons. The summed E-state index contributed by atoms with van der Waals surface area (Å²) in [5.74, 6) is -0.451. The number of carbonyl (C=O) groups is 2. The lowest BCUT2D eigenvalue weighted by Crippen LogP contribution is -2.51. The summed E-state index contributed by atoms with van der Waals surface area (Å²) in [6.45, 7) is 1.31. The second kappa shape index (κ2) is 9.36. The molecule has 1 aliphatic rings. The number of hydrogen-bond acceptors (Lipinski definition) is 5. The van der Waals surface area contributed by atoms with Gasteiger partial charge in [0.25, 0.3) is 0 Å². The van der Waals surface area contributed by atoms with Crippen LogP contribution in [0, 0.1) is 0 Å². The number of nitrogens with zero attached hydrogens (tertiary/aromatic N) is 2. The van der Waals surface area contributed by atoms with Gasteiger partial charge >= 0.3 is 6.03 Å². The number of rotatable bonds is 5. The Bertz CT molecular complexity index is 959. The van der Waals surface area contributed by atoms with Crippen LogP contribution in [0.5, 0.6) is 0 Å². The summed E-state index contributed by atoms with van der Waals surface area (Å²) < 4.78 is 26.7. The van der Waals surface area contributed by atoms with E-state index in [1.807, 2.05) is 6.07 Å². The Morgan fingerprint density at radius 2 is 1.55 bits per heavy atom. The number of amides is 3. The Kier molecular flexibility index (Phi) is 6.86. The molecule has 3 amide bonds. The minimum Gasteiger partial charge on any atom is -0.308 e. The molecular weight excluding hydrogens is 416 g/mol. The van der Waals surface area contributed by atoms with Crippen LogP contribution in [0.25, 0.3) is 0 Å². The Hall–Kier alpha value is -2.46. The number of para-hydroxylation sites is 1. The van der Waals surface area contributed by atoms with Crippen LogP contribution < -0.4 is 10.6 Å². The standard InChI is InChI=1S/C19H21ClN4O4S/c20-15-6-8-17(9-7-15)29(27,28)24-12-10-23(11-13-24)14-18(25)22-19(26)21-16-4-2-1-3-5-16/h1-9H,10-14H2,(H2,21,22,25,26). The fourth-order valence-electron chi connectivity index (χ4n) is 2.94. The first-order valence-corrected chi connectivity index (χ1v) is 10.8. The van der Waals surface area contributed by atoms with Crippen LogP contribution in [0.1, 0.15) is 0 Å². The van der Waals surface area contributed by atoms with Gasteiger partial charge in [0.15, 0.2) is 0 Å². The van der Waals surface area contributed by atoms with Gasteiger partial charge in [0, 0.05) is 36.9 Å². The molecule has 0 aromatic heterocycles. The van der Waals surface area contributed by atoms with Crippen molar-refractivity contribution in [3.05, 3.63) is 59.6 Å². The van der Waals surface area contributed by atoms with Gasteiger partial charge < -0.3 is 5.32 Å². The van der Waals surface area contributed by atoms with E-state index in [4.69, 9.17) is 11.6 Å². The summed E-state index contributed by atoms with van der Waals surface area (Å²) in [6, 6.07) is 14.2. The van der Waals surface area contributed by atoms with Crippen molar-refractivity contribution in [2.45, 2.75) is 4.90 Å². The third-order valence-electron chi connectivity index (χ3n) is 4.43. The maximum absolute atomic E-state index is 12.7. The molecule has 8 nitrogen and oxygen atoms in total. The number of hydrogen-bond donors (Lipinski definition) is 2. The molecule has 1 aliphatic heterocycles. The van der Waals surface area contributed by atoms with Gasteiger partial charge in [0.05, 0.1) is 11.4 Å². The molecule has 0 bridgehead atoms. The monoisotopic (exact) mass is 436 g/mol. The smallest absolute Gasteiger partial charge is 0.308 e. The van der Waals surface area contributed by atoms with Crippen LogP contribution in [0.4, 0.5) is 10.5 Å². The van der Waals surface area contributed by atoms with E-state index in [9.17, 15) is 18.0 Å². The first kappa shape index (κ1) is 21.3. The number of benzene rings is 2. The van der Waals surface area contributed by atoms with Crippen molar-refractivity contribution in [1.82, 2.24) is 14.5 Å². The molecule has 0 saturated carbocycles. The van der Waals surface area contributed by atoms with Crippen LogP contribution in [-0.4, -0.2) is 62.3 Å². The Labute approximate surface area is 174 Å². The van der Waals surface area contributed by atoms with E-state index in [2.05, 4.69) is 10.6 Å². The highest BCUT2D eigenvalue weighted by Crippen LogP contribution is 2.19. The maximum Gasteiger partial charge on any atom is 0.325 e. The molecule has 2 aromatic rings. The van der Waals surface area contributed by atoms with E-state index >= 15 is 0 Å². The van der Waals surface area contributed by atoms with Gasteiger partial charge in [0.1, 0.15) is 0 Å².